The standard InChI is InChI=1S/C16H24N2O3/c1-12-15(6-9-21-12)16(20)18-8-7-17(10-14(19)11-18)13-4-2-3-5-13/h6,9,13-14,19H,2-5,7-8,10-11H2,1H3. The van der Waals surface area contributed by atoms with Crippen LogP contribution >= 0.6 is 0 Å². The summed E-state index contributed by atoms with van der Waals surface area (Å²) in [5.41, 5.74) is 0.608. The maximum Gasteiger partial charge on any atom is 0.257 e. The first-order valence-corrected chi connectivity index (χ1v) is 7.90. The molecule has 3 rings (SSSR count). The van der Waals surface area contributed by atoms with Crippen LogP contribution < -0.4 is 0 Å². The molecule has 1 saturated carbocycles. The van der Waals surface area contributed by atoms with Crippen LogP contribution in [0, 0.1) is 6.92 Å². The Morgan fingerprint density at radius 1 is 1.29 bits per heavy atom. The molecule has 1 aliphatic carbocycles. The smallest absolute Gasteiger partial charge is 0.257 e. The Bertz CT molecular complexity index is 493. The summed E-state index contributed by atoms with van der Waals surface area (Å²) in [5.74, 6) is 0.611. The molecule has 0 spiro atoms. The predicted molar refractivity (Wildman–Crippen MR) is 79.2 cm³/mol. The van der Waals surface area contributed by atoms with Crippen molar-refractivity contribution in [2.75, 3.05) is 26.2 Å². The van der Waals surface area contributed by atoms with Gasteiger partial charge in [0.2, 0.25) is 0 Å². The summed E-state index contributed by atoms with van der Waals surface area (Å²) in [6.45, 7) is 4.42. The summed E-state index contributed by atoms with van der Waals surface area (Å²) < 4.78 is 5.22. The fourth-order valence-electron chi connectivity index (χ4n) is 3.58. The summed E-state index contributed by atoms with van der Waals surface area (Å²) in [4.78, 5) is 16.7. The fraction of sp³-hybridized carbons (Fsp3) is 0.688. The van der Waals surface area contributed by atoms with Crippen LogP contribution in [0.25, 0.3) is 0 Å². The van der Waals surface area contributed by atoms with Crippen LogP contribution in [0.4, 0.5) is 0 Å². The van der Waals surface area contributed by atoms with E-state index in [2.05, 4.69) is 4.90 Å². The monoisotopic (exact) mass is 292 g/mol. The molecule has 116 valence electrons. The van der Waals surface area contributed by atoms with Gasteiger partial charge in [-0.25, -0.2) is 0 Å². The molecule has 1 aromatic heterocycles. The van der Waals surface area contributed by atoms with Crippen LogP contribution in [-0.2, 0) is 0 Å². The number of rotatable bonds is 2. The number of furan rings is 1. The fourth-order valence-corrected chi connectivity index (χ4v) is 3.58. The van der Waals surface area contributed by atoms with Crippen molar-refractivity contribution in [2.24, 2.45) is 0 Å². The van der Waals surface area contributed by atoms with Crippen molar-refractivity contribution in [2.45, 2.75) is 44.8 Å². The summed E-state index contributed by atoms with van der Waals surface area (Å²) in [6, 6.07) is 2.30. The van der Waals surface area contributed by atoms with Gasteiger partial charge in [-0.3, -0.25) is 9.69 Å². The lowest BCUT2D eigenvalue weighted by Gasteiger charge is -2.27. The van der Waals surface area contributed by atoms with Gasteiger partial charge in [-0.2, -0.15) is 0 Å². The lowest BCUT2D eigenvalue weighted by Crippen LogP contribution is -2.39. The SMILES string of the molecule is Cc1occc1C(=O)N1CCN(C2CCCC2)CC(O)C1. The molecule has 1 unspecified atom stereocenters. The quantitative estimate of drug-likeness (QED) is 0.900. The Kier molecular flexibility index (Phi) is 4.31. The number of hydrogen-bond acceptors (Lipinski definition) is 4. The zero-order chi connectivity index (χ0) is 14.8. The lowest BCUT2D eigenvalue weighted by atomic mass is 10.2. The number of hydrogen-bond donors (Lipinski definition) is 1. The normalized spacial score (nSPS) is 25.2. The van der Waals surface area contributed by atoms with Crippen LogP contribution in [0.2, 0.25) is 0 Å². The first kappa shape index (κ1) is 14.6. The summed E-state index contributed by atoms with van der Waals surface area (Å²) in [7, 11) is 0. The van der Waals surface area contributed by atoms with Gasteiger partial charge in [0.15, 0.2) is 0 Å². The Labute approximate surface area is 125 Å². The molecule has 0 aromatic carbocycles. The molecule has 1 saturated heterocycles. The highest BCUT2D eigenvalue weighted by Crippen LogP contribution is 2.25. The predicted octanol–water partition coefficient (Wildman–Crippen LogP) is 1.65. The van der Waals surface area contributed by atoms with Crippen molar-refractivity contribution in [3.05, 3.63) is 23.7 Å². The van der Waals surface area contributed by atoms with E-state index in [1.807, 2.05) is 0 Å². The van der Waals surface area contributed by atoms with E-state index in [-0.39, 0.29) is 5.91 Å². The number of nitrogens with zero attached hydrogens (tertiary/aromatic N) is 2. The number of amides is 1. The van der Waals surface area contributed by atoms with E-state index in [1.54, 1.807) is 24.2 Å². The van der Waals surface area contributed by atoms with Crippen LogP contribution in [0.5, 0.6) is 0 Å². The molecule has 1 N–H and O–H groups in total. The first-order chi connectivity index (χ1) is 10.1. The Morgan fingerprint density at radius 2 is 2.05 bits per heavy atom. The number of aliphatic hydroxyl groups excluding tert-OH is 1. The van der Waals surface area contributed by atoms with Crippen LogP contribution in [0.3, 0.4) is 0 Å². The topological polar surface area (TPSA) is 56.9 Å². The van der Waals surface area contributed by atoms with Crippen molar-refractivity contribution < 1.29 is 14.3 Å². The van der Waals surface area contributed by atoms with Crippen molar-refractivity contribution >= 4 is 5.91 Å². The molecule has 2 fully saturated rings. The molecular formula is C16H24N2O3. The summed E-state index contributed by atoms with van der Waals surface area (Å²) >= 11 is 0. The molecule has 0 radical (unpaired) electrons. The number of aryl methyl sites for hydroxylation is 1. The average molecular weight is 292 g/mol. The highest BCUT2D eigenvalue weighted by Gasteiger charge is 2.30. The minimum Gasteiger partial charge on any atom is -0.469 e. The zero-order valence-corrected chi connectivity index (χ0v) is 12.6. The maximum absolute atomic E-state index is 12.5. The van der Waals surface area contributed by atoms with E-state index >= 15 is 0 Å². The van der Waals surface area contributed by atoms with Gasteiger partial charge in [-0.05, 0) is 25.8 Å². The molecule has 5 nitrogen and oxygen atoms in total. The Morgan fingerprint density at radius 3 is 2.71 bits per heavy atom. The number of carbonyl (C=O) groups is 1. The molecule has 1 aromatic rings. The van der Waals surface area contributed by atoms with Crippen molar-refractivity contribution in [1.29, 1.82) is 0 Å². The number of β-amino-alcohol motifs (C(OH)–C–C–N with tert-alkyl or cyclic N) is 1. The van der Waals surface area contributed by atoms with Crippen LogP contribution in [0.1, 0.15) is 41.8 Å². The molecule has 2 aliphatic rings. The second kappa shape index (κ2) is 6.20. The van der Waals surface area contributed by atoms with Gasteiger partial charge in [0.25, 0.3) is 5.91 Å². The minimum atomic E-state index is -0.468. The molecule has 0 bridgehead atoms. The van der Waals surface area contributed by atoms with Crippen LogP contribution in [0.15, 0.2) is 16.7 Å². The van der Waals surface area contributed by atoms with Gasteiger partial charge in [0.1, 0.15) is 5.76 Å². The Hall–Kier alpha value is -1.33. The van der Waals surface area contributed by atoms with E-state index in [9.17, 15) is 9.90 Å². The molecule has 1 aliphatic heterocycles. The third-order valence-corrected chi connectivity index (χ3v) is 4.75. The second-order valence-electron chi connectivity index (χ2n) is 6.23. The third kappa shape index (κ3) is 3.14. The van der Waals surface area contributed by atoms with Crippen molar-refractivity contribution in [3.8, 4) is 0 Å². The van der Waals surface area contributed by atoms with Gasteiger partial charge in [-0.1, -0.05) is 12.8 Å². The maximum atomic E-state index is 12.5. The van der Waals surface area contributed by atoms with Crippen molar-refractivity contribution in [3.63, 3.8) is 0 Å². The van der Waals surface area contributed by atoms with Gasteiger partial charge in [-0.15, -0.1) is 0 Å². The van der Waals surface area contributed by atoms with Gasteiger partial charge in [0.05, 0.1) is 17.9 Å². The van der Waals surface area contributed by atoms with Crippen LogP contribution in [-0.4, -0.2) is 59.1 Å². The highest BCUT2D eigenvalue weighted by molar-refractivity contribution is 5.95. The minimum absolute atomic E-state index is 0.0337. The second-order valence-corrected chi connectivity index (χ2v) is 6.23. The lowest BCUT2D eigenvalue weighted by molar-refractivity contribution is 0.0654. The molecule has 5 heteroatoms. The van der Waals surface area contributed by atoms with E-state index in [4.69, 9.17) is 4.42 Å². The Balaban J connectivity index is 1.68. The number of aliphatic hydroxyl groups is 1. The average Bonchev–Trinajstić information content (AvgIpc) is 3.08. The molecule has 1 amide bonds. The van der Waals surface area contributed by atoms with Gasteiger partial charge >= 0.3 is 0 Å². The summed E-state index contributed by atoms with van der Waals surface area (Å²) in [5, 5.41) is 10.2. The zero-order valence-electron chi connectivity index (χ0n) is 12.6. The van der Waals surface area contributed by atoms with E-state index in [0.717, 1.165) is 6.54 Å². The molecular weight excluding hydrogens is 268 g/mol. The largest absolute Gasteiger partial charge is 0.469 e. The number of carbonyl (C=O) groups excluding carboxylic acids is 1. The van der Waals surface area contributed by atoms with E-state index < -0.39 is 6.10 Å². The van der Waals surface area contributed by atoms with E-state index in [0.29, 0.717) is 37.0 Å². The summed E-state index contributed by atoms with van der Waals surface area (Å²) in [6.07, 6.45) is 6.09. The highest BCUT2D eigenvalue weighted by atomic mass is 16.3. The van der Waals surface area contributed by atoms with Crippen molar-refractivity contribution in [1.82, 2.24) is 9.80 Å². The van der Waals surface area contributed by atoms with Gasteiger partial charge in [0, 0.05) is 32.2 Å². The molecule has 1 atom stereocenters. The van der Waals surface area contributed by atoms with Gasteiger partial charge < -0.3 is 14.4 Å². The first-order valence-electron chi connectivity index (χ1n) is 7.90. The molecule has 21 heavy (non-hydrogen) atoms. The third-order valence-electron chi connectivity index (χ3n) is 4.75. The molecule has 2 heterocycles. The van der Waals surface area contributed by atoms with E-state index in [1.165, 1.54) is 25.7 Å².